The molecule has 3 heterocycles. The van der Waals surface area contributed by atoms with Gasteiger partial charge in [-0.3, -0.25) is 15.1 Å². The van der Waals surface area contributed by atoms with E-state index in [0.29, 0.717) is 17.9 Å². The van der Waals surface area contributed by atoms with Crippen molar-refractivity contribution in [2.24, 2.45) is 0 Å². The van der Waals surface area contributed by atoms with Gasteiger partial charge in [0.1, 0.15) is 11.6 Å². The fraction of sp³-hybridized carbons (Fsp3) is 0.529. The van der Waals surface area contributed by atoms with Crippen molar-refractivity contribution in [1.29, 1.82) is 5.26 Å². The predicted octanol–water partition coefficient (Wildman–Crippen LogP) is 3.04. The molecule has 3 rings (SSSR count). The minimum atomic E-state index is -0.229. The van der Waals surface area contributed by atoms with Crippen LogP contribution in [0.1, 0.15) is 61.3 Å². The van der Waals surface area contributed by atoms with Gasteiger partial charge in [-0.15, -0.1) is 0 Å². The smallest absolute Gasteiger partial charge is 0.317 e. The fourth-order valence-electron chi connectivity index (χ4n) is 3.36. The van der Waals surface area contributed by atoms with Crippen molar-refractivity contribution in [2.45, 2.75) is 52.6 Å². The van der Waals surface area contributed by atoms with Gasteiger partial charge in [0.15, 0.2) is 5.82 Å². The van der Waals surface area contributed by atoms with Gasteiger partial charge in [-0.25, -0.2) is 4.79 Å². The number of aromatic nitrogens is 4. The van der Waals surface area contributed by atoms with Crippen LogP contribution in [0.4, 0.5) is 10.6 Å². The molecule has 0 spiro atoms. The van der Waals surface area contributed by atoms with E-state index in [9.17, 15) is 10.1 Å². The highest BCUT2D eigenvalue weighted by Gasteiger charge is 2.33. The molecule has 0 radical (unpaired) electrons. The van der Waals surface area contributed by atoms with E-state index in [1.807, 2.05) is 27.7 Å². The molecule has 25 heavy (non-hydrogen) atoms. The summed E-state index contributed by atoms with van der Waals surface area (Å²) in [7, 11) is 0. The Bertz CT molecular complexity index is 807. The largest absolute Gasteiger partial charge is 0.323 e. The second kappa shape index (κ2) is 6.59. The molecule has 1 atom stereocenters. The van der Waals surface area contributed by atoms with Crippen molar-refractivity contribution in [2.75, 3.05) is 11.9 Å². The Morgan fingerprint density at radius 3 is 2.84 bits per heavy atom. The van der Waals surface area contributed by atoms with Crippen molar-refractivity contribution >= 4 is 11.8 Å². The Labute approximate surface area is 146 Å². The lowest BCUT2D eigenvalue weighted by molar-refractivity contribution is 0.206. The zero-order valence-electron chi connectivity index (χ0n) is 15.0. The Balaban J connectivity index is 1.83. The maximum absolute atomic E-state index is 12.8. The van der Waals surface area contributed by atoms with E-state index in [1.54, 1.807) is 15.8 Å². The summed E-state index contributed by atoms with van der Waals surface area (Å²) in [5.41, 5.74) is 3.36. The number of carbonyl (C=O) groups is 1. The van der Waals surface area contributed by atoms with Crippen LogP contribution >= 0.6 is 0 Å². The number of amides is 2. The van der Waals surface area contributed by atoms with Gasteiger partial charge in [0.05, 0.1) is 11.7 Å². The molecule has 1 saturated heterocycles. The number of aryl methyl sites for hydroxylation is 2. The van der Waals surface area contributed by atoms with E-state index >= 15 is 0 Å². The average Bonchev–Trinajstić information content (AvgIpc) is 3.26. The number of nitriles is 1. The first-order valence-corrected chi connectivity index (χ1v) is 8.50. The van der Waals surface area contributed by atoms with Crippen LogP contribution in [-0.2, 0) is 0 Å². The van der Waals surface area contributed by atoms with Gasteiger partial charge in [0.2, 0.25) is 0 Å². The van der Waals surface area contributed by atoms with Crippen LogP contribution in [0.25, 0.3) is 0 Å². The van der Waals surface area contributed by atoms with Crippen molar-refractivity contribution < 1.29 is 4.79 Å². The number of likely N-dealkylation sites (tertiary alicyclic amines) is 1. The van der Waals surface area contributed by atoms with Crippen LogP contribution in [0.2, 0.25) is 0 Å². The van der Waals surface area contributed by atoms with Crippen molar-refractivity contribution in [1.82, 2.24) is 24.9 Å². The summed E-state index contributed by atoms with van der Waals surface area (Å²) in [6, 6.07) is 1.98. The summed E-state index contributed by atoms with van der Waals surface area (Å²) >= 11 is 0. The van der Waals surface area contributed by atoms with Gasteiger partial charge < -0.3 is 4.90 Å². The summed E-state index contributed by atoms with van der Waals surface area (Å²) in [5.74, 6) is 0.312. The number of nitrogens with zero attached hydrogens (tertiary/aromatic N) is 5. The lowest BCUT2D eigenvalue weighted by Crippen LogP contribution is -2.35. The average molecular weight is 341 g/mol. The number of hydrogen-bond donors (Lipinski definition) is 2. The quantitative estimate of drug-likeness (QED) is 0.895. The first-order chi connectivity index (χ1) is 11.9. The van der Waals surface area contributed by atoms with Crippen molar-refractivity contribution in [3.63, 3.8) is 0 Å². The minimum absolute atomic E-state index is 0.00327. The molecule has 2 amide bonds. The van der Waals surface area contributed by atoms with Crippen LogP contribution < -0.4 is 5.32 Å². The Kier molecular flexibility index (Phi) is 4.49. The summed E-state index contributed by atoms with van der Waals surface area (Å²) in [4.78, 5) is 14.6. The first-order valence-electron chi connectivity index (χ1n) is 8.50. The van der Waals surface area contributed by atoms with Crippen LogP contribution in [0.3, 0.4) is 0 Å². The molecular weight excluding hydrogens is 318 g/mol. The maximum Gasteiger partial charge on any atom is 0.323 e. The number of H-pyrrole nitrogens is 1. The Morgan fingerprint density at radius 1 is 1.48 bits per heavy atom. The van der Waals surface area contributed by atoms with Gasteiger partial charge in [0, 0.05) is 30.0 Å². The number of hydrogen-bond acceptors (Lipinski definition) is 4. The first kappa shape index (κ1) is 17.0. The summed E-state index contributed by atoms with van der Waals surface area (Å²) in [6.07, 6.45) is 3.50. The predicted molar refractivity (Wildman–Crippen MR) is 93.1 cm³/mol. The lowest BCUT2D eigenvalue weighted by Gasteiger charge is -2.25. The molecule has 2 aromatic heterocycles. The highest BCUT2D eigenvalue weighted by atomic mass is 16.2. The molecule has 0 unspecified atom stereocenters. The van der Waals surface area contributed by atoms with E-state index in [1.165, 1.54) is 0 Å². The summed E-state index contributed by atoms with van der Waals surface area (Å²) in [6.45, 7) is 8.54. The molecule has 0 bridgehead atoms. The van der Waals surface area contributed by atoms with E-state index in [4.69, 9.17) is 0 Å². The van der Waals surface area contributed by atoms with Crippen molar-refractivity contribution in [3.05, 3.63) is 28.7 Å². The number of nitrogens with one attached hydrogen (secondary N) is 2. The molecule has 8 heteroatoms. The zero-order chi connectivity index (χ0) is 18.1. The molecule has 2 N–H and O–H groups in total. The molecule has 1 fully saturated rings. The van der Waals surface area contributed by atoms with E-state index in [0.717, 1.165) is 29.8 Å². The fourth-order valence-corrected chi connectivity index (χ4v) is 3.36. The number of carbonyl (C=O) groups excluding carboxylic acids is 1. The van der Waals surface area contributed by atoms with Gasteiger partial charge in [0.25, 0.3) is 0 Å². The van der Waals surface area contributed by atoms with Crippen LogP contribution in [0.15, 0.2) is 6.20 Å². The number of rotatable bonds is 3. The van der Waals surface area contributed by atoms with E-state index in [-0.39, 0.29) is 18.1 Å². The Morgan fingerprint density at radius 2 is 2.24 bits per heavy atom. The van der Waals surface area contributed by atoms with Gasteiger partial charge in [-0.05, 0) is 40.5 Å². The number of aromatic amines is 1. The lowest BCUT2D eigenvalue weighted by atomic mass is 10.0. The van der Waals surface area contributed by atoms with Crippen LogP contribution in [0.5, 0.6) is 0 Å². The molecule has 8 nitrogen and oxygen atoms in total. The van der Waals surface area contributed by atoms with E-state index in [2.05, 4.69) is 26.7 Å². The number of anilines is 1. The summed E-state index contributed by atoms with van der Waals surface area (Å²) < 4.78 is 1.68. The van der Waals surface area contributed by atoms with Gasteiger partial charge in [-0.1, -0.05) is 0 Å². The van der Waals surface area contributed by atoms with E-state index < -0.39 is 0 Å². The molecular formula is C17H23N7O. The highest BCUT2D eigenvalue weighted by molar-refractivity contribution is 5.90. The van der Waals surface area contributed by atoms with Crippen LogP contribution in [-0.4, -0.2) is 37.5 Å². The molecule has 0 saturated carbocycles. The van der Waals surface area contributed by atoms with Crippen molar-refractivity contribution in [3.8, 4) is 6.07 Å². The molecule has 132 valence electrons. The monoisotopic (exact) mass is 341 g/mol. The molecule has 0 aliphatic carbocycles. The number of urea groups is 1. The maximum atomic E-state index is 12.8. The highest BCUT2D eigenvalue weighted by Crippen LogP contribution is 2.35. The zero-order valence-corrected chi connectivity index (χ0v) is 15.0. The summed E-state index contributed by atoms with van der Waals surface area (Å²) in [5, 5.41) is 23.7. The van der Waals surface area contributed by atoms with Gasteiger partial charge >= 0.3 is 6.03 Å². The standard InChI is InChI=1S/C17H23N7O/c1-10(2)24-9-13(8-18)16(22-24)19-17(25)23-7-5-6-14(23)15-11(3)20-21-12(15)4/h9-10,14H,5-7H2,1-4H3,(H,20,21)(H,19,22,25)/t14-/m0/s1. The van der Waals surface area contributed by atoms with Gasteiger partial charge in [-0.2, -0.15) is 15.5 Å². The molecule has 1 aliphatic rings. The third-order valence-electron chi connectivity index (χ3n) is 4.64. The SMILES string of the molecule is Cc1n[nH]c(C)c1[C@@H]1CCCN1C(=O)Nc1nn(C(C)C)cc1C#N. The Hall–Kier alpha value is -2.82. The molecule has 0 aromatic carbocycles. The topological polar surface area (TPSA) is 103 Å². The molecule has 1 aliphatic heterocycles. The third kappa shape index (κ3) is 3.09. The molecule has 2 aromatic rings. The second-order valence-corrected chi connectivity index (χ2v) is 6.71. The normalized spacial score (nSPS) is 17.1. The minimum Gasteiger partial charge on any atom is -0.317 e. The van der Waals surface area contributed by atoms with Crippen LogP contribution in [0, 0.1) is 25.2 Å². The second-order valence-electron chi connectivity index (χ2n) is 6.71. The third-order valence-corrected chi connectivity index (χ3v) is 4.64.